The molecule has 2 heterocycles. The van der Waals surface area contributed by atoms with Gasteiger partial charge in [0.2, 0.25) is 0 Å². The van der Waals surface area contributed by atoms with Crippen LogP contribution in [0.25, 0.3) is 10.8 Å². The summed E-state index contributed by atoms with van der Waals surface area (Å²) in [6.07, 6.45) is 5.46. The fraction of sp³-hybridized carbons (Fsp3) is 0.400. The van der Waals surface area contributed by atoms with E-state index >= 15 is 0 Å². The number of thiazole rings is 1. The van der Waals surface area contributed by atoms with Crippen LogP contribution in [0.3, 0.4) is 0 Å². The number of imidazole rings is 1. The summed E-state index contributed by atoms with van der Waals surface area (Å²) in [5, 5.41) is 4.30. The second-order valence-corrected chi connectivity index (χ2v) is 4.35. The molecule has 2 aromatic heterocycles. The molecule has 15 heavy (non-hydrogen) atoms. The Labute approximate surface area is 92.8 Å². The van der Waals surface area contributed by atoms with Crippen molar-refractivity contribution >= 4 is 11.3 Å². The monoisotopic (exact) mass is 222 g/mol. The number of aromatic amines is 1. The third-order valence-corrected chi connectivity index (χ3v) is 3.35. The van der Waals surface area contributed by atoms with E-state index in [1.165, 1.54) is 4.88 Å². The van der Waals surface area contributed by atoms with E-state index in [0.29, 0.717) is 6.04 Å². The summed E-state index contributed by atoms with van der Waals surface area (Å²) in [5.74, 6) is 0.843. The van der Waals surface area contributed by atoms with Gasteiger partial charge in [-0.15, -0.1) is 11.3 Å². The molecule has 0 saturated carbocycles. The fourth-order valence-corrected chi connectivity index (χ4v) is 2.29. The first-order chi connectivity index (χ1) is 7.31. The van der Waals surface area contributed by atoms with Gasteiger partial charge in [-0.1, -0.05) is 6.92 Å². The highest BCUT2D eigenvalue weighted by atomic mass is 32.1. The van der Waals surface area contributed by atoms with Crippen LogP contribution in [-0.2, 0) is 0 Å². The second kappa shape index (κ2) is 4.55. The highest BCUT2D eigenvalue weighted by Crippen LogP contribution is 2.26. The van der Waals surface area contributed by atoms with Gasteiger partial charge in [0.15, 0.2) is 10.8 Å². The first-order valence-corrected chi connectivity index (χ1v) is 5.81. The van der Waals surface area contributed by atoms with E-state index in [9.17, 15) is 0 Å². The van der Waals surface area contributed by atoms with E-state index in [1.807, 2.05) is 12.4 Å². The molecule has 0 radical (unpaired) electrons. The predicted octanol–water partition coefficient (Wildman–Crippen LogP) is 2.20. The summed E-state index contributed by atoms with van der Waals surface area (Å²) in [7, 11) is 0. The Morgan fingerprint density at radius 3 is 3.07 bits per heavy atom. The molecule has 2 rings (SSSR count). The maximum absolute atomic E-state index is 4.35. The van der Waals surface area contributed by atoms with Crippen LogP contribution >= 0.6 is 11.3 Å². The van der Waals surface area contributed by atoms with Crippen LogP contribution in [0.1, 0.15) is 24.8 Å². The van der Waals surface area contributed by atoms with Crippen LogP contribution in [0.15, 0.2) is 18.6 Å². The summed E-state index contributed by atoms with van der Waals surface area (Å²) >= 11 is 1.67. The van der Waals surface area contributed by atoms with Crippen LogP contribution in [0.5, 0.6) is 0 Å². The molecule has 0 spiro atoms. The molecule has 0 bridgehead atoms. The Morgan fingerprint density at radius 1 is 1.53 bits per heavy atom. The van der Waals surface area contributed by atoms with Crippen molar-refractivity contribution in [3.63, 3.8) is 0 Å². The topological polar surface area (TPSA) is 53.6 Å². The van der Waals surface area contributed by atoms with E-state index in [4.69, 9.17) is 0 Å². The van der Waals surface area contributed by atoms with Crippen LogP contribution < -0.4 is 5.32 Å². The van der Waals surface area contributed by atoms with Gasteiger partial charge in [0, 0.05) is 29.5 Å². The van der Waals surface area contributed by atoms with Gasteiger partial charge < -0.3 is 10.3 Å². The first kappa shape index (κ1) is 10.3. The van der Waals surface area contributed by atoms with E-state index in [0.717, 1.165) is 17.4 Å². The first-order valence-electron chi connectivity index (χ1n) is 5.00. The van der Waals surface area contributed by atoms with E-state index in [2.05, 4.69) is 34.1 Å². The van der Waals surface area contributed by atoms with Crippen molar-refractivity contribution in [2.24, 2.45) is 0 Å². The molecule has 2 N–H and O–H groups in total. The summed E-state index contributed by atoms with van der Waals surface area (Å²) in [6, 6.07) is 0.358. The summed E-state index contributed by atoms with van der Waals surface area (Å²) in [5.41, 5.74) is 0. The lowest BCUT2D eigenvalue weighted by molar-refractivity contribution is 0.606. The molecular weight excluding hydrogens is 208 g/mol. The summed E-state index contributed by atoms with van der Waals surface area (Å²) < 4.78 is 0. The quantitative estimate of drug-likeness (QED) is 0.834. The highest BCUT2D eigenvalue weighted by molar-refractivity contribution is 7.15. The van der Waals surface area contributed by atoms with Crippen molar-refractivity contribution in [2.75, 3.05) is 6.54 Å². The molecule has 4 nitrogen and oxygen atoms in total. The fourth-order valence-electron chi connectivity index (χ4n) is 1.39. The SMILES string of the molecule is CCNC(C)c1cnc(-c2ncc[nH]2)s1. The number of aromatic nitrogens is 3. The Hall–Kier alpha value is -1.20. The average molecular weight is 222 g/mol. The zero-order valence-corrected chi connectivity index (χ0v) is 9.64. The van der Waals surface area contributed by atoms with Gasteiger partial charge in [0.25, 0.3) is 0 Å². The van der Waals surface area contributed by atoms with Crippen LogP contribution in [0.2, 0.25) is 0 Å². The van der Waals surface area contributed by atoms with Crippen molar-refractivity contribution in [2.45, 2.75) is 19.9 Å². The third-order valence-electron chi connectivity index (χ3n) is 2.16. The minimum atomic E-state index is 0.358. The van der Waals surface area contributed by atoms with Gasteiger partial charge in [-0.2, -0.15) is 0 Å². The number of nitrogens with zero attached hydrogens (tertiary/aromatic N) is 2. The number of rotatable bonds is 4. The van der Waals surface area contributed by atoms with E-state index < -0.39 is 0 Å². The minimum absolute atomic E-state index is 0.358. The average Bonchev–Trinajstić information content (AvgIpc) is 2.89. The maximum Gasteiger partial charge on any atom is 0.166 e. The Balaban J connectivity index is 2.17. The molecule has 2 aromatic rings. The summed E-state index contributed by atoms with van der Waals surface area (Å²) in [6.45, 7) is 5.21. The van der Waals surface area contributed by atoms with Crippen molar-refractivity contribution in [3.8, 4) is 10.8 Å². The van der Waals surface area contributed by atoms with Gasteiger partial charge in [-0.25, -0.2) is 9.97 Å². The Bertz CT molecular complexity index is 407. The number of hydrogen-bond donors (Lipinski definition) is 2. The van der Waals surface area contributed by atoms with Gasteiger partial charge in [-0.05, 0) is 13.5 Å². The standard InChI is InChI=1S/C10H14N4S/c1-3-11-7(2)8-6-14-10(15-8)9-12-4-5-13-9/h4-7,11H,3H2,1-2H3,(H,12,13). The lowest BCUT2D eigenvalue weighted by Gasteiger charge is -2.07. The predicted molar refractivity (Wildman–Crippen MR) is 61.8 cm³/mol. The van der Waals surface area contributed by atoms with Gasteiger partial charge in [0.1, 0.15) is 0 Å². The molecule has 0 aliphatic heterocycles. The molecule has 0 aliphatic carbocycles. The smallest absolute Gasteiger partial charge is 0.166 e. The van der Waals surface area contributed by atoms with Gasteiger partial charge in [0.05, 0.1) is 0 Å². The molecular formula is C10H14N4S. The van der Waals surface area contributed by atoms with Crippen molar-refractivity contribution in [3.05, 3.63) is 23.5 Å². The normalized spacial score (nSPS) is 12.9. The molecule has 1 unspecified atom stereocenters. The van der Waals surface area contributed by atoms with Crippen molar-refractivity contribution in [1.29, 1.82) is 0 Å². The lowest BCUT2D eigenvalue weighted by Crippen LogP contribution is -2.16. The van der Waals surface area contributed by atoms with Gasteiger partial charge in [-0.3, -0.25) is 0 Å². The van der Waals surface area contributed by atoms with Crippen LogP contribution in [0, 0.1) is 0 Å². The third kappa shape index (κ3) is 2.24. The minimum Gasteiger partial charge on any atom is -0.343 e. The van der Waals surface area contributed by atoms with Gasteiger partial charge >= 0.3 is 0 Å². The van der Waals surface area contributed by atoms with E-state index in [-0.39, 0.29) is 0 Å². The van der Waals surface area contributed by atoms with E-state index in [1.54, 1.807) is 17.5 Å². The lowest BCUT2D eigenvalue weighted by atomic mass is 10.3. The molecule has 80 valence electrons. The molecule has 0 aliphatic rings. The van der Waals surface area contributed by atoms with Crippen LogP contribution in [0.4, 0.5) is 0 Å². The molecule has 5 heteroatoms. The Morgan fingerprint density at radius 2 is 2.40 bits per heavy atom. The number of hydrogen-bond acceptors (Lipinski definition) is 4. The molecule has 0 amide bonds. The molecule has 0 fully saturated rings. The highest BCUT2D eigenvalue weighted by Gasteiger charge is 2.10. The second-order valence-electron chi connectivity index (χ2n) is 3.28. The van der Waals surface area contributed by atoms with Crippen LogP contribution in [-0.4, -0.2) is 21.5 Å². The molecule has 0 saturated heterocycles. The van der Waals surface area contributed by atoms with Crippen molar-refractivity contribution in [1.82, 2.24) is 20.3 Å². The number of nitrogens with one attached hydrogen (secondary N) is 2. The zero-order chi connectivity index (χ0) is 10.7. The molecule has 0 aromatic carbocycles. The zero-order valence-electron chi connectivity index (χ0n) is 8.82. The maximum atomic E-state index is 4.35. The summed E-state index contributed by atoms with van der Waals surface area (Å²) in [4.78, 5) is 12.8. The van der Waals surface area contributed by atoms with Crippen molar-refractivity contribution < 1.29 is 0 Å². The number of H-pyrrole nitrogens is 1. The largest absolute Gasteiger partial charge is 0.343 e. The molecule has 1 atom stereocenters. The Kier molecular flexibility index (Phi) is 3.13.